The van der Waals surface area contributed by atoms with E-state index in [2.05, 4.69) is 37.7 Å². The van der Waals surface area contributed by atoms with Crippen LogP contribution in [0.25, 0.3) is 11.0 Å². The van der Waals surface area contributed by atoms with E-state index in [0.29, 0.717) is 5.82 Å². The summed E-state index contributed by atoms with van der Waals surface area (Å²) in [5.41, 5.74) is 7.03. The van der Waals surface area contributed by atoms with Crippen molar-refractivity contribution in [3.8, 4) is 0 Å². The lowest BCUT2D eigenvalue weighted by atomic mass is 9.98. The molecular formula is C13H18N2O. The Bertz CT molecular complexity index is 508. The summed E-state index contributed by atoms with van der Waals surface area (Å²) in [7, 11) is 0. The van der Waals surface area contributed by atoms with E-state index in [4.69, 9.17) is 0 Å². The van der Waals surface area contributed by atoms with Gasteiger partial charge in [-0.25, -0.2) is 4.98 Å². The Balaban J connectivity index is 2.86. The summed E-state index contributed by atoms with van der Waals surface area (Å²) in [6.07, 6.45) is -0.549. The van der Waals surface area contributed by atoms with Gasteiger partial charge in [0.15, 0.2) is 0 Å². The minimum absolute atomic E-state index is 0.549. The molecule has 1 atom stereocenters. The summed E-state index contributed by atoms with van der Waals surface area (Å²) in [5, 5.41) is 9.55. The molecule has 0 bridgehead atoms. The van der Waals surface area contributed by atoms with E-state index in [1.165, 1.54) is 22.3 Å². The molecule has 86 valence electrons. The number of imidazole rings is 1. The number of hydrogen-bond donors (Lipinski definition) is 2. The van der Waals surface area contributed by atoms with Crippen LogP contribution in [0.5, 0.6) is 0 Å². The van der Waals surface area contributed by atoms with Crippen LogP contribution in [0.15, 0.2) is 0 Å². The first-order valence-electron chi connectivity index (χ1n) is 5.57. The fraction of sp³-hybridized carbons (Fsp3) is 0.462. The molecule has 0 spiro atoms. The summed E-state index contributed by atoms with van der Waals surface area (Å²) >= 11 is 0. The second-order valence-electron chi connectivity index (χ2n) is 4.52. The van der Waals surface area contributed by atoms with Gasteiger partial charge in [-0.3, -0.25) is 0 Å². The molecule has 0 aliphatic rings. The highest BCUT2D eigenvalue weighted by Gasteiger charge is 2.14. The van der Waals surface area contributed by atoms with Crippen LogP contribution in [0.2, 0.25) is 0 Å². The second-order valence-corrected chi connectivity index (χ2v) is 4.52. The summed E-state index contributed by atoms with van der Waals surface area (Å²) in [5.74, 6) is 0.645. The Hall–Kier alpha value is -1.35. The number of fused-ring (bicyclic) bond motifs is 1. The number of nitrogens with zero attached hydrogens (tertiary/aromatic N) is 1. The van der Waals surface area contributed by atoms with Crippen molar-refractivity contribution in [1.29, 1.82) is 0 Å². The topological polar surface area (TPSA) is 48.9 Å². The van der Waals surface area contributed by atoms with Gasteiger partial charge in [0.05, 0.1) is 11.0 Å². The monoisotopic (exact) mass is 218 g/mol. The van der Waals surface area contributed by atoms with Gasteiger partial charge in [-0.05, 0) is 56.9 Å². The smallest absolute Gasteiger partial charge is 0.135 e. The molecule has 0 unspecified atom stereocenters. The predicted molar refractivity (Wildman–Crippen MR) is 65.7 cm³/mol. The van der Waals surface area contributed by atoms with Crippen molar-refractivity contribution in [2.24, 2.45) is 0 Å². The molecule has 1 heterocycles. The number of nitrogens with one attached hydrogen (secondary N) is 1. The van der Waals surface area contributed by atoms with E-state index in [1.807, 2.05) is 0 Å². The molecule has 0 fully saturated rings. The minimum atomic E-state index is -0.549. The average Bonchev–Trinajstić information content (AvgIpc) is 2.68. The van der Waals surface area contributed by atoms with E-state index in [-0.39, 0.29) is 0 Å². The Morgan fingerprint density at radius 3 is 2.12 bits per heavy atom. The predicted octanol–water partition coefficient (Wildman–Crippen LogP) is 2.85. The van der Waals surface area contributed by atoms with Crippen molar-refractivity contribution in [1.82, 2.24) is 9.97 Å². The van der Waals surface area contributed by atoms with Gasteiger partial charge in [0.25, 0.3) is 0 Å². The SMILES string of the molecule is Cc1c(C)c(C)c2[nH]c([C@H](C)O)nc2c1C. The number of aryl methyl sites for hydroxylation is 2. The summed E-state index contributed by atoms with van der Waals surface area (Å²) in [6.45, 7) is 10.1. The summed E-state index contributed by atoms with van der Waals surface area (Å²) in [4.78, 5) is 7.68. The highest BCUT2D eigenvalue weighted by Crippen LogP contribution is 2.28. The molecule has 2 N–H and O–H groups in total. The molecule has 0 radical (unpaired) electrons. The third kappa shape index (κ3) is 1.43. The quantitative estimate of drug-likeness (QED) is 0.773. The Kier molecular flexibility index (Phi) is 2.50. The fourth-order valence-corrected chi connectivity index (χ4v) is 2.06. The van der Waals surface area contributed by atoms with Crippen molar-refractivity contribution < 1.29 is 5.11 Å². The maximum atomic E-state index is 9.55. The van der Waals surface area contributed by atoms with Crippen molar-refractivity contribution in [2.75, 3.05) is 0 Å². The van der Waals surface area contributed by atoms with Gasteiger partial charge >= 0.3 is 0 Å². The Labute approximate surface area is 95.5 Å². The molecule has 3 nitrogen and oxygen atoms in total. The van der Waals surface area contributed by atoms with Crippen LogP contribution in [0.1, 0.15) is 41.1 Å². The number of rotatable bonds is 1. The van der Waals surface area contributed by atoms with Crippen molar-refractivity contribution in [2.45, 2.75) is 40.7 Å². The summed E-state index contributed by atoms with van der Waals surface area (Å²) < 4.78 is 0. The molecule has 1 aromatic carbocycles. The lowest BCUT2D eigenvalue weighted by molar-refractivity contribution is 0.190. The van der Waals surface area contributed by atoms with Crippen LogP contribution < -0.4 is 0 Å². The van der Waals surface area contributed by atoms with E-state index in [1.54, 1.807) is 6.92 Å². The number of aromatic amines is 1. The highest BCUT2D eigenvalue weighted by molar-refractivity contribution is 5.84. The zero-order chi connectivity index (χ0) is 12.0. The number of aromatic nitrogens is 2. The first-order chi connectivity index (χ1) is 7.43. The normalized spacial score (nSPS) is 13.4. The molecule has 16 heavy (non-hydrogen) atoms. The second kappa shape index (κ2) is 3.59. The van der Waals surface area contributed by atoms with Crippen molar-refractivity contribution in [3.63, 3.8) is 0 Å². The van der Waals surface area contributed by atoms with Crippen LogP contribution in [-0.4, -0.2) is 15.1 Å². The molecule has 2 aromatic rings. The largest absolute Gasteiger partial charge is 0.385 e. The maximum Gasteiger partial charge on any atom is 0.135 e. The van der Waals surface area contributed by atoms with Gasteiger partial charge < -0.3 is 10.1 Å². The third-order valence-corrected chi connectivity index (χ3v) is 3.54. The summed E-state index contributed by atoms with van der Waals surface area (Å²) in [6, 6.07) is 0. The number of H-pyrrole nitrogens is 1. The van der Waals surface area contributed by atoms with Crippen LogP contribution >= 0.6 is 0 Å². The average molecular weight is 218 g/mol. The standard InChI is InChI=1S/C13H18N2O/c1-6-7(2)9(4)12-11(8(6)3)14-13(15-12)10(5)16/h10,16H,1-5H3,(H,14,15)/t10-/m0/s1. The van der Waals surface area contributed by atoms with Gasteiger partial charge in [-0.15, -0.1) is 0 Å². The molecule has 0 saturated heterocycles. The first-order valence-corrected chi connectivity index (χ1v) is 5.57. The minimum Gasteiger partial charge on any atom is -0.385 e. The van der Waals surface area contributed by atoms with Gasteiger partial charge in [0, 0.05) is 0 Å². The lowest BCUT2D eigenvalue weighted by Gasteiger charge is -2.09. The zero-order valence-electron chi connectivity index (χ0n) is 10.5. The number of aliphatic hydroxyl groups excluding tert-OH is 1. The number of aliphatic hydroxyl groups is 1. The Morgan fingerprint density at radius 1 is 1.00 bits per heavy atom. The fourth-order valence-electron chi connectivity index (χ4n) is 2.06. The molecule has 0 saturated carbocycles. The molecule has 0 aliphatic carbocycles. The van der Waals surface area contributed by atoms with Gasteiger partial charge in [0.2, 0.25) is 0 Å². The van der Waals surface area contributed by atoms with E-state index >= 15 is 0 Å². The lowest BCUT2D eigenvalue weighted by Crippen LogP contribution is -1.92. The van der Waals surface area contributed by atoms with Crippen molar-refractivity contribution >= 4 is 11.0 Å². The maximum absolute atomic E-state index is 9.55. The van der Waals surface area contributed by atoms with Crippen molar-refractivity contribution in [3.05, 3.63) is 28.1 Å². The molecule has 0 aliphatic heterocycles. The molecule has 1 aromatic heterocycles. The van der Waals surface area contributed by atoms with E-state index in [9.17, 15) is 5.11 Å². The van der Waals surface area contributed by atoms with Crippen LogP contribution in [0, 0.1) is 27.7 Å². The first kappa shape index (κ1) is 11.1. The third-order valence-electron chi connectivity index (χ3n) is 3.54. The van der Waals surface area contributed by atoms with Crippen LogP contribution in [-0.2, 0) is 0 Å². The van der Waals surface area contributed by atoms with E-state index in [0.717, 1.165) is 11.0 Å². The van der Waals surface area contributed by atoms with E-state index < -0.39 is 6.10 Å². The van der Waals surface area contributed by atoms with Crippen LogP contribution in [0.3, 0.4) is 0 Å². The van der Waals surface area contributed by atoms with Gasteiger partial charge in [-0.1, -0.05) is 0 Å². The molecule has 3 heteroatoms. The molecule has 0 amide bonds. The zero-order valence-corrected chi connectivity index (χ0v) is 10.5. The Morgan fingerprint density at radius 2 is 1.56 bits per heavy atom. The van der Waals surface area contributed by atoms with Gasteiger partial charge in [0.1, 0.15) is 11.9 Å². The highest BCUT2D eigenvalue weighted by atomic mass is 16.3. The van der Waals surface area contributed by atoms with Gasteiger partial charge in [-0.2, -0.15) is 0 Å². The molecular weight excluding hydrogens is 200 g/mol. The number of hydrogen-bond acceptors (Lipinski definition) is 2. The molecule has 2 rings (SSSR count). The van der Waals surface area contributed by atoms with Crippen LogP contribution in [0.4, 0.5) is 0 Å². The number of benzene rings is 1.